The number of hydrogen-bond donors (Lipinski definition) is 2. The minimum atomic E-state index is -0.366. The molecule has 0 bridgehead atoms. The molecule has 17 heavy (non-hydrogen) atoms. The zero-order valence-electron chi connectivity index (χ0n) is 9.76. The van der Waals surface area contributed by atoms with Crippen LogP contribution in [0.4, 0.5) is 5.95 Å². The fourth-order valence-corrected chi connectivity index (χ4v) is 1.58. The highest BCUT2D eigenvalue weighted by Gasteiger charge is 2.43. The van der Waals surface area contributed by atoms with Crippen molar-refractivity contribution in [3.8, 4) is 0 Å². The number of carbonyl (C=O) groups excluding carboxylic acids is 1. The molecule has 1 aliphatic rings. The van der Waals surface area contributed by atoms with Crippen LogP contribution in [0.2, 0.25) is 0 Å². The lowest BCUT2D eigenvalue weighted by molar-refractivity contribution is -0.121. The van der Waals surface area contributed by atoms with Crippen LogP contribution in [-0.4, -0.2) is 46.7 Å². The van der Waals surface area contributed by atoms with E-state index in [1.54, 1.807) is 30.4 Å². The maximum atomic E-state index is 11.7. The Kier molecular flexibility index (Phi) is 3.23. The maximum Gasteiger partial charge on any atom is 0.240 e. The molecule has 1 fully saturated rings. The van der Waals surface area contributed by atoms with Crippen molar-refractivity contribution in [2.45, 2.75) is 18.4 Å². The van der Waals surface area contributed by atoms with Gasteiger partial charge in [-0.1, -0.05) is 0 Å². The van der Waals surface area contributed by atoms with Crippen molar-refractivity contribution in [2.75, 3.05) is 25.1 Å². The smallest absolute Gasteiger partial charge is 0.240 e. The molecule has 92 valence electrons. The third-order valence-corrected chi connectivity index (χ3v) is 2.84. The zero-order chi connectivity index (χ0) is 12.3. The first-order valence-electron chi connectivity index (χ1n) is 5.55. The van der Waals surface area contributed by atoms with Crippen LogP contribution in [0.25, 0.3) is 0 Å². The van der Waals surface area contributed by atoms with Gasteiger partial charge in [-0.15, -0.1) is 0 Å². The first-order chi connectivity index (χ1) is 8.15. The summed E-state index contributed by atoms with van der Waals surface area (Å²) in [5, 5.41) is 11.9. The van der Waals surface area contributed by atoms with Crippen molar-refractivity contribution >= 4 is 11.9 Å². The first-order valence-corrected chi connectivity index (χ1v) is 5.55. The highest BCUT2D eigenvalue weighted by molar-refractivity contribution is 5.81. The minimum absolute atomic E-state index is 0.00426. The van der Waals surface area contributed by atoms with Crippen molar-refractivity contribution in [3.63, 3.8) is 0 Å². The Morgan fingerprint density at radius 3 is 2.71 bits per heavy atom. The molecule has 1 aromatic heterocycles. The molecular formula is C11H16N4O2. The molecule has 0 aliphatic heterocycles. The summed E-state index contributed by atoms with van der Waals surface area (Å²) in [6.45, 7) is 0.191. The van der Waals surface area contributed by atoms with Gasteiger partial charge in [0, 0.05) is 19.4 Å². The summed E-state index contributed by atoms with van der Waals surface area (Å²) in [5.74, 6) is 0.392. The molecule has 6 heteroatoms. The van der Waals surface area contributed by atoms with Crippen molar-refractivity contribution in [3.05, 3.63) is 18.5 Å². The summed E-state index contributed by atoms with van der Waals surface area (Å²) in [6.07, 6.45) is 4.96. The predicted octanol–water partition coefficient (Wildman–Crippen LogP) is -0.446. The summed E-state index contributed by atoms with van der Waals surface area (Å²) in [7, 11) is 1.76. The summed E-state index contributed by atoms with van der Waals surface area (Å²) < 4.78 is 0. The lowest BCUT2D eigenvalue weighted by Gasteiger charge is -2.19. The van der Waals surface area contributed by atoms with Gasteiger partial charge in [0.15, 0.2) is 0 Å². The van der Waals surface area contributed by atoms with Crippen molar-refractivity contribution in [1.82, 2.24) is 15.3 Å². The fourth-order valence-electron chi connectivity index (χ4n) is 1.58. The van der Waals surface area contributed by atoms with Gasteiger partial charge in [-0.3, -0.25) is 4.79 Å². The molecule has 0 radical (unpaired) electrons. The number of aromatic nitrogens is 2. The van der Waals surface area contributed by atoms with Crippen molar-refractivity contribution < 1.29 is 9.90 Å². The number of rotatable bonds is 5. The van der Waals surface area contributed by atoms with E-state index in [-0.39, 0.29) is 24.6 Å². The van der Waals surface area contributed by atoms with Crippen LogP contribution in [0.3, 0.4) is 0 Å². The summed E-state index contributed by atoms with van der Waals surface area (Å²) >= 11 is 0. The monoisotopic (exact) mass is 236 g/mol. The van der Waals surface area contributed by atoms with Gasteiger partial charge in [-0.05, 0) is 18.9 Å². The van der Waals surface area contributed by atoms with Gasteiger partial charge in [0.2, 0.25) is 11.9 Å². The molecular weight excluding hydrogens is 220 g/mol. The van der Waals surface area contributed by atoms with E-state index in [2.05, 4.69) is 15.3 Å². The van der Waals surface area contributed by atoms with E-state index >= 15 is 0 Å². The average molecular weight is 236 g/mol. The van der Waals surface area contributed by atoms with Crippen LogP contribution >= 0.6 is 0 Å². The lowest BCUT2D eigenvalue weighted by atomic mass is 10.3. The largest absolute Gasteiger partial charge is 0.394 e. The van der Waals surface area contributed by atoms with E-state index < -0.39 is 0 Å². The normalized spacial score (nSPS) is 16.4. The molecule has 1 amide bonds. The zero-order valence-corrected chi connectivity index (χ0v) is 9.76. The van der Waals surface area contributed by atoms with Crippen LogP contribution in [0.15, 0.2) is 18.5 Å². The Hall–Kier alpha value is -1.69. The second-order valence-corrected chi connectivity index (χ2v) is 4.39. The van der Waals surface area contributed by atoms with E-state index in [0.717, 1.165) is 12.8 Å². The second kappa shape index (κ2) is 4.67. The number of carbonyl (C=O) groups is 1. The highest BCUT2D eigenvalue weighted by atomic mass is 16.3. The van der Waals surface area contributed by atoms with Gasteiger partial charge in [0.25, 0.3) is 0 Å². The number of hydrogen-bond acceptors (Lipinski definition) is 5. The molecule has 0 unspecified atom stereocenters. The van der Waals surface area contributed by atoms with Gasteiger partial charge in [-0.2, -0.15) is 0 Å². The molecule has 2 rings (SSSR count). The molecule has 1 saturated carbocycles. The van der Waals surface area contributed by atoms with Crippen LogP contribution < -0.4 is 10.2 Å². The average Bonchev–Trinajstić information content (AvgIpc) is 3.10. The van der Waals surface area contributed by atoms with E-state index in [0.29, 0.717) is 5.95 Å². The standard InChI is InChI=1S/C11H16N4O2/c1-15(10-12-5-2-6-13-10)7-9(17)14-11(8-16)3-4-11/h2,5-6,16H,3-4,7-8H2,1H3,(H,14,17). The Labute approximate surface area is 99.7 Å². The van der Waals surface area contributed by atoms with Gasteiger partial charge in [-0.25, -0.2) is 9.97 Å². The topological polar surface area (TPSA) is 78.4 Å². The molecule has 1 aromatic rings. The molecule has 1 aliphatic carbocycles. The number of anilines is 1. The van der Waals surface area contributed by atoms with Gasteiger partial charge >= 0.3 is 0 Å². The SMILES string of the molecule is CN(CC(=O)NC1(CO)CC1)c1ncccn1. The first kappa shape index (κ1) is 11.8. The van der Waals surface area contributed by atoms with E-state index in [9.17, 15) is 4.79 Å². The number of nitrogens with one attached hydrogen (secondary N) is 1. The predicted molar refractivity (Wildman–Crippen MR) is 62.5 cm³/mol. The lowest BCUT2D eigenvalue weighted by Crippen LogP contribution is -2.44. The fraction of sp³-hybridized carbons (Fsp3) is 0.545. The van der Waals surface area contributed by atoms with Crippen LogP contribution in [0, 0.1) is 0 Å². The maximum absolute atomic E-state index is 11.7. The van der Waals surface area contributed by atoms with Crippen LogP contribution in [-0.2, 0) is 4.79 Å². The van der Waals surface area contributed by atoms with Gasteiger partial charge in [0.1, 0.15) is 0 Å². The van der Waals surface area contributed by atoms with Crippen molar-refractivity contribution in [2.24, 2.45) is 0 Å². The molecule has 0 spiro atoms. The Balaban J connectivity index is 1.87. The molecule has 6 nitrogen and oxygen atoms in total. The van der Waals surface area contributed by atoms with Gasteiger partial charge in [0.05, 0.1) is 18.7 Å². The van der Waals surface area contributed by atoms with E-state index in [1.807, 2.05) is 0 Å². The minimum Gasteiger partial charge on any atom is -0.394 e. The van der Waals surface area contributed by atoms with Crippen molar-refractivity contribution in [1.29, 1.82) is 0 Å². The molecule has 0 aromatic carbocycles. The Bertz CT molecular complexity index is 392. The Morgan fingerprint density at radius 2 is 2.18 bits per heavy atom. The van der Waals surface area contributed by atoms with Crippen LogP contribution in [0.1, 0.15) is 12.8 Å². The Morgan fingerprint density at radius 1 is 1.53 bits per heavy atom. The third-order valence-electron chi connectivity index (χ3n) is 2.84. The van der Waals surface area contributed by atoms with E-state index in [1.165, 1.54) is 0 Å². The number of aliphatic hydroxyl groups is 1. The third kappa shape index (κ3) is 2.91. The van der Waals surface area contributed by atoms with Crippen LogP contribution in [0.5, 0.6) is 0 Å². The number of amides is 1. The molecule has 2 N–H and O–H groups in total. The summed E-state index contributed by atoms with van der Waals surface area (Å²) in [4.78, 5) is 21.5. The number of aliphatic hydroxyl groups excluding tert-OH is 1. The molecule has 0 saturated heterocycles. The summed E-state index contributed by atoms with van der Waals surface area (Å²) in [5.41, 5.74) is -0.366. The second-order valence-electron chi connectivity index (χ2n) is 4.39. The summed E-state index contributed by atoms with van der Waals surface area (Å²) in [6, 6.07) is 1.72. The van der Waals surface area contributed by atoms with Gasteiger partial charge < -0.3 is 15.3 Å². The number of nitrogens with zero attached hydrogens (tertiary/aromatic N) is 3. The quantitative estimate of drug-likeness (QED) is 0.724. The number of likely N-dealkylation sites (N-methyl/N-ethyl adjacent to an activating group) is 1. The van der Waals surface area contributed by atoms with E-state index in [4.69, 9.17) is 5.11 Å². The molecule has 0 atom stereocenters. The molecule has 1 heterocycles. The highest BCUT2D eigenvalue weighted by Crippen LogP contribution is 2.34.